The number of hydrogen-bond donors (Lipinski definition) is 7. The number of carboxylic acid groups (broad SMARTS) is 4. The SMILES string of the molecule is N[C@@H](CO)C(=O)O.O=C(O)CC(O)(CC(=O)O)C(=O)O. The summed E-state index contributed by atoms with van der Waals surface area (Å²) >= 11 is 0. The lowest BCUT2D eigenvalue weighted by Crippen LogP contribution is -2.42. The van der Waals surface area contributed by atoms with Crippen molar-refractivity contribution in [2.24, 2.45) is 5.73 Å². The Morgan fingerprint density at radius 1 is 0.950 bits per heavy atom. The molecule has 0 aromatic carbocycles. The van der Waals surface area contributed by atoms with Crippen LogP contribution in [0.25, 0.3) is 0 Å². The molecule has 0 aliphatic carbocycles. The van der Waals surface area contributed by atoms with Gasteiger partial charge in [-0.3, -0.25) is 14.4 Å². The minimum absolute atomic E-state index is 0.505. The fourth-order valence-corrected chi connectivity index (χ4v) is 0.792. The van der Waals surface area contributed by atoms with E-state index in [1.54, 1.807) is 0 Å². The molecule has 0 saturated heterocycles. The predicted molar refractivity (Wildman–Crippen MR) is 59.8 cm³/mol. The summed E-state index contributed by atoms with van der Waals surface area (Å²) < 4.78 is 0. The van der Waals surface area contributed by atoms with Crippen molar-refractivity contribution in [2.75, 3.05) is 6.61 Å². The molecule has 0 aliphatic rings. The molecule has 20 heavy (non-hydrogen) atoms. The third-order valence-electron chi connectivity index (χ3n) is 1.80. The molecule has 0 aliphatic heterocycles. The zero-order valence-corrected chi connectivity index (χ0v) is 10.1. The van der Waals surface area contributed by atoms with Gasteiger partial charge in [-0.05, 0) is 0 Å². The third-order valence-corrected chi connectivity index (χ3v) is 1.80. The van der Waals surface area contributed by atoms with Crippen molar-refractivity contribution in [1.82, 2.24) is 0 Å². The van der Waals surface area contributed by atoms with Gasteiger partial charge in [-0.15, -0.1) is 0 Å². The molecule has 0 fully saturated rings. The standard InChI is InChI=1S/C6H8O7.C3H7NO3/c7-3(8)1-6(13,5(11)12)2-4(9)10;4-2(1-5)3(6)7/h13H,1-2H2,(H,7,8)(H,9,10)(H,11,12);2,5H,1,4H2,(H,6,7)/t;2-/m.0/s1. The summed E-state index contributed by atoms with van der Waals surface area (Å²) in [6, 6.07) is -1.13. The average Bonchev–Trinajstić information content (AvgIpc) is 2.26. The van der Waals surface area contributed by atoms with Crippen molar-refractivity contribution < 1.29 is 49.8 Å². The highest BCUT2D eigenvalue weighted by atomic mass is 16.4. The molecule has 0 aromatic heterocycles. The van der Waals surface area contributed by atoms with Crippen molar-refractivity contribution in [3.63, 3.8) is 0 Å². The van der Waals surface area contributed by atoms with Crippen molar-refractivity contribution >= 4 is 23.9 Å². The van der Waals surface area contributed by atoms with E-state index in [1.807, 2.05) is 0 Å². The lowest BCUT2D eigenvalue weighted by atomic mass is 9.96. The van der Waals surface area contributed by atoms with E-state index in [0.717, 1.165) is 0 Å². The fourth-order valence-electron chi connectivity index (χ4n) is 0.792. The Balaban J connectivity index is 0. The zero-order chi connectivity index (χ0) is 16.5. The van der Waals surface area contributed by atoms with E-state index < -0.39 is 55.0 Å². The van der Waals surface area contributed by atoms with Crippen LogP contribution >= 0.6 is 0 Å². The molecule has 11 nitrogen and oxygen atoms in total. The normalized spacial score (nSPS) is 11.8. The third kappa shape index (κ3) is 8.79. The van der Waals surface area contributed by atoms with Crippen LogP contribution in [0.1, 0.15) is 12.8 Å². The number of carboxylic acids is 4. The maximum atomic E-state index is 10.3. The van der Waals surface area contributed by atoms with E-state index in [9.17, 15) is 19.2 Å². The lowest BCUT2D eigenvalue weighted by Gasteiger charge is -2.18. The summed E-state index contributed by atoms with van der Waals surface area (Å²) in [7, 11) is 0. The van der Waals surface area contributed by atoms with E-state index in [0.29, 0.717) is 0 Å². The Morgan fingerprint density at radius 3 is 1.40 bits per heavy atom. The van der Waals surface area contributed by atoms with Gasteiger partial charge in [0.15, 0.2) is 5.60 Å². The van der Waals surface area contributed by atoms with Gasteiger partial charge in [-0.1, -0.05) is 0 Å². The molecule has 0 unspecified atom stereocenters. The Kier molecular flexibility index (Phi) is 8.83. The summed E-state index contributed by atoms with van der Waals surface area (Å²) in [5, 5.41) is 49.7. The number of rotatable bonds is 7. The summed E-state index contributed by atoms with van der Waals surface area (Å²) in [6.07, 6.45) is -2.29. The van der Waals surface area contributed by atoms with Crippen LogP contribution in [-0.4, -0.2) is 72.8 Å². The Labute approximate surface area is 111 Å². The lowest BCUT2D eigenvalue weighted by molar-refractivity contribution is -0.170. The molecule has 11 heteroatoms. The van der Waals surface area contributed by atoms with E-state index in [1.165, 1.54) is 0 Å². The highest BCUT2D eigenvalue weighted by Crippen LogP contribution is 2.15. The number of aliphatic hydroxyl groups excluding tert-OH is 1. The molecule has 0 saturated carbocycles. The van der Waals surface area contributed by atoms with E-state index in [4.69, 9.17) is 36.4 Å². The molecule has 0 heterocycles. The highest BCUT2D eigenvalue weighted by Gasteiger charge is 2.40. The summed E-state index contributed by atoms with van der Waals surface area (Å²) in [6.45, 7) is -0.505. The van der Waals surface area contributed by atoms with Gasteiger partial charge in [0, 0.05) is 0 Å². The van der Waals surface area contributed by atoms with Crippen LogP contribution in [0, 0.1) is 0 Å². The molecule has 1 atom stereocenters. The number of aliphatic hydroxyl groups is 2. The van der Waals surface area contributed by atoms with Crippen LogP contribution in [0.2, 0.25) is 0 Å². The van der Waals surface area contributed by atoms with Crippen LogP contribution < -0.4 is 5.73 Å². The van der Waals surface area contributed by atoms with Gasteiger partial charge in [-0.2, -0.15) is 0 Å². The van der Waals surface area contributed by atoms with E-state index >= 15 is 0 Å². The molecule has 8 N–H and O–H groups in total. The summed E-state index contributed by atoms with van der Waals surface area (Å²) in [5.74, 6) is -6.20. The summed E-state index contributed by atoms with van der Waals surface area (Å²) in [4.78, 5) is 40.1. The Morgan fingerprint density at radius 2 is 1.30 bits per heavy atom. The topological polar surface area (TPSA) is 216 Å². The van der Waals surface area contributed by atoms with Gasteiger partial charge in [0.1, 0.15) is 6.04 Å². The first-order chi connectivity index (χ1) is 8.96. The molecular formula is C9H15NO10. The molecule has 0 spiro atoms. The highest BCUT2D eigenvalue weighted by molar-refractivity contribution is 5.88. The first-order valence-electron chi connectivity index (χ1n) is 4.95. The second-order valence-electron chi connectivity index (χ2n) is 3.61. The minimum Gasteiger partial charge on any atom is -0.481 e. The van der Waals surface area contributed by atoms with Gasteiger partial charge < -0.3 is 36.4 Å². The van der Waals surface area contributed by atoms with Gasteiger partial charge in [0.2, 0.25) is 0 Å². The molecule has 116 valence electrons. The fraction of sp³-hybridized carbons (Fsp3) is 0.556. The largest absolute Gasteiger partial charge is 0.481 e. The van der Waals surface area contributed by atoms with E-state index in [2.05, 4.69) is 0 Å². The quantitative estimate of drug-likeness (QED) is 0.253. The molecule has 0 radical (unpaired) electrons. The first-order valence-corrected chi connectivity index (χ1v) is 4.95. The van der Waals surface area contributed by atoms with Crippen LogP contribution in [0.5, 0.6) is 0 Å². The maximum Gasteiger partial charge on any atom is 0.336 e. The first kappa shape index (κ1) is 20.1. The zero-order valence-electron chi connectivity index (χ0n) is 10.1. The summed E-state index contributed by atoms with van der Waals surface area (Å²) in [5.41, 5.74) is 2.03. The molecule has 0 amide bonds. The van der Waals surface area contributed by atoms with Crippen LogP contribution in [-0.2, 0) is 19.2 Å². The van der Waals surface area contributed by atoms with Crippen molar-refractivity contribution in [3.8, 4) is 0 Å². The Hall–Kier alpha value is -2.24. The van der Waals surface area contributed by atoms with Crippen molar-refractivity contribution in [2.45, 2.75) is 24.5 Å². The maximum absolute atomic E-state index is 10.3. The van der Waals surface area contributed by atoms with Crippen LogP contribution in [0.15, 0.2) is 0 Å². The predicted octanol–water partition coefficient (Wildman–Crippen LogP) is -2.86. The monoisotopic (exact) mass is 297 g/mol. The van der Waals surface area contributed by atoms with Crippen LogP contribution in [0.4, 0.5) is 0 Å². The number of carbonyl (C=O) groups is 4. The number of hydrogen-bond acceptors (Lipinski definition) is 7. The van der Waals surface area contributed by atoms with Crippen molar-refractivity contribution in [3.05, 3.63) is 0 Å². The van der Waals surface area contributed by atoms with Crippen LogP contribution in [0.3, 0.4) is 0 Å². The van der Waals surface area contributed by atoms with Gasteiger partial charge >= 0.3 is 23.9 Å². The van der Waals surface area contributed by atoms with Gasteiger partial charge in [0.05, 0.1) is 19.4 Å². The molecule has 0 bridgehead atoms. The Bertz CT molecular complexity index is 363. The van der Waals surface area contributed by atoms with E-state index in [-0.39, 0.29) is 0 Å². The minimum atomic E-state index is -2.74. The van der Waals surface area contributed by atoms with Crippen molar-refractivity contribution in [1.29, 1.82) is 0 Å². The average molecular weight is 297 g/mol. The molecule has 0 aromatic rings. The second kappa shape index (κ2) is 8.79. The number of nitrogens with two attached hydrogens (primary N) is 1. The number of aliphatic carboxylic acids is 4. The smallest absolute Gasteiger partial charge is 0.336 e. The van der Waals surface area contributed by atoms with Gasteiger partial charge in [-0.25, -0.2) is 4.79 Å². The second-order valence-corrected chi connectivity index (χ2v) is 3.61. The molecule has 0 rings (SSSR count). The molecular weight excluding hydrogens is 282 g/mol. The van der Waals surface area contributed by atoms with Gasteiger partial charge in [0.25, 0.3) is 0 Å².